The number of para-hydroxylation sites is 3. The topological polar surface area (TPSA) is 8.17 Å². The van der Waals surface area contributed by atoms with E-state index in [4.69, 9.17) is 0 Å². The maximum atomic E-state index is 2.75. The van der Waals surface area contributed by atoms with Crippen LogP contribution in [0.2, 0.25) is 0 Å². The van der Waals surface area contributed by atoms with Gasteiger partial charge in [-0.3, -0.25) is 0 Å². The van der Waals surface area contributed by atoms with Crippen molar-refractivity contribution in [3.05, 3.63) is 295 Å². The van der Waals surface area contributed by atoms with Gasteiger partial charge >= 0.3 is 0 Å². The molecule has 2 aliphatic heterocycles. The molecule has 12 aromatic carbocycles. The Morgan fingerprint density at radius 2 is 0.717 bits per heavy atom. The average Bonchev–Trinajstić information content (AvgIpc) is 0.827. The smallest absolute Gasteiger partial charge is 0.246 e. The lowest BCUT2D eigenvalue weighted by Crippen LogP contribution is -2.87. The van der Waals surface area contributed by atoms with Gasteiger partial charge in [0.05, 0.1) is 16.7 Å². The zero-order valence-electron chi connectivity index (χ0n) is 55.5. The van der Waals surface area contributed by atoms with Crippen molar-refractivity contribution in [3.63, 3.8) is 0 Å². The van der Waals surface area contributed by atoms with E-state index in [1.165, 1.54) is 137 Å². The SMILES string of the molecule is CC(C)(C)c1cc(-c2ccc3c(c2)N(c2c(-c4ccccc4)cccc2-c2ccccc2)c2cc(-n4c5ccccc5c5ccccc54)cc4c2B3c2ccc(-c3cc(C(C)(C)C)cc(C(C)(C)C)c3)cc2[Si]4(c2ccccc2)c2ccccc2)cc(C(C)(C)C)c1. The van der Waals surface area contributed by atoms with Gasteiger partial charge in [0.1, 0.15) is 0 Å². The fraction of sp³-hybridized carbons (Fsp3) is 0.182. The summed E-state index contributed by atoms with van der Waals surface area (Å²) in [6.07, 6.45) is 0. The molecule has 0 saturated carbocycles. The molecule has 0 unspecified atom stereocenters. The predicted molar refractivity (Wildman–Crippen MR) is 400 cm³/mol. The molecule has 0 N–H and O–H groups in total. The van der Waals surface area contributed by atoms with Crippen molar-refractivity contribution in [2.75, 3.05) is 4.90 Å². The Kier molecular flexibility index (Phi) is 14.0. The number of benzene rings is 12. The minimum atomic E-state index is -3.43. The second-order valence-electron chi connectivity index (χ2n) is 30.2. The summed E-state index contributed by atoms with van der Waals surface area (Å²) in [5.74, 6) is 0. The normalized spacial score (nSPS) is 13.7. The Hall–Kier alpha value is -9.48. The maximum Gasteiger partial charge on any atom is 0.246 e. The van der Waals surface area contributed by atoms with Crippen molar-refractivity contribution in [2.24, 2.45) is 0 Å². The third-order valence-electron chi connectivity index (χ3n) is 20.1. The zero-order valence-corrected chi connectivity index (χ0v) is 56.5. The van der Waals surface area contributed by atoms with Gasteiger partial charge in [0.25, 0.3) is 0 Å². The molecule has 0 aliphatic carbocycles. The molecule has 2 aliphatic rings. The lowest BCUT2D eigenvalue weighted by molar-refractivity contribution is 0.568. The van der Waals surface area contributed by atoms with Gasteiger partial charge in [-0.2, -0.15) is 0 Å². The average molecular weight is 1210 g/mol. The van der Waals surface area contributed by atoms with Gasteiger partial charge in [-0.1, -0.05) is 331 Å². The number of fused-ring (bicyclic) bond motifs is 7. The molecule has 4 heteroatoms. The Morgan fingerprint density at radius 3 is 1.17 bits per heavy atom. The van der Waals surface area contributed by atoms with Crippen molar-refractivity contribution in [3.8, 4) is 50.2 Å². The molecule has 3 heterocycles. The van der Waals surface area contributed by atoms with Crippen molar-refractivity contribution < 1.29 is 0 Å². The third-order valence-corrected chi connectivity index (χ3v) is 25.0. The first-order chi connectivity index (χ1) is 44.2. The van der Waals surface area contributed by atoms with Crippen molar-refractivity contribution in [1.29, 1.82) is 0 Å². The summed E-state index contributed by atoms with van der Waals surface area (Å²) in [7, 11) is -3.43. The summed E-state index contributed by atoms with van der Waals surface area (Å²) in [5, 5.41) is 8.04. The number of aromatic nitrogens is 1. The molecular weight excluding hydrogens is 1120 g/mol. The molecule has 2 nitrogen and oxygen atoms in total. The minimum absolute atomic E-state index is 0.0617. The lowest BCUT2D eigenvalue weighted by atomic mass is 9.34. The van der Waals surface area contributed by atoms with Crippen LogP contribution in [-0.2, 0) is 21.7 Å². The molecule has 1 aromatic heterocycles. The summed E-state index contributed by atoms with van der Waals surface area (Å²) < 4.78 is 2.58. The van der Waals surface area contributed by atoms with Crippen molar-refractivity contribution >= 4 is 90.8 Å². The highest BCUT2D eigenvalue weighted by Gasteiger charge is 2.54. The molecule has 92 heavy (non-hydrogen) atoms. The van der Waals surface area contributed by atoms with E-state index in [9.17, 15) is 0 Å². The summed E-state index contributed by atoms with van der Waals surface area (Å²) >= 11 is 0. The number of hydrogen-bond donors (Lipinski definition) is 0. The molecule has 0 atom stereocenters. The first-order valence-corrected chi connectivity index (χ1v) is 35.1. The third kappa shape index (κ3) is 9.75. The van der Waals surface area contributed by atoms with Crippen molar-refractivity contribution in [1.82, 2.24) is 4.57 Å². The molecular formula is C88H81BN2Si. The second-order valence-corrected chi connectivity index (χ2v) is 33.9. The van der Waals surface area contributed by atoms with E-state index in [1.54, 1.807) is 0 Å². The molecule has 0 bridgehead atoms. The van der Waals surface area contributed by atoms with Crippen LogP contribution >= 0.6 is 0 Å². The fourth-order valence-corrected chi connectivity index (χ4v) is 20.5. The Balaban J connectivity index is 1.16. The molecule has 13 aromatic rings. The Morgan fingerprint density at radius 1 is 0.304 bits per heavy atom. The predicted octanol–water partition coefficient (Wildman–Crippen LogP) is 18.6. The van der Waals surface area contributed by atoms with Crippen molar-refractivity contribution in [2.45, 2.75) is 105 Å². The quantitative estimate of drug-likeness (QED) is 0.138. The van der Waals surface area contributed by atoms with Crippen LogP contribution in [0.4, 0.5) is 17.1 Å². The number of hydrogen-bond acceptors (Lipinski definition) is 1. The second kappa shape index (κ2) is 21.9. The first-order valence-electron chi connectivity index (χ1n) is 33.1. The van der Waals surface area contributed by atoms with Crippen LogP contribution in [0.25, 0.3) is 72.0 Å². The van der Waals surface area contributed by atoms with Gasteiger partial charge in [0.2, 0.25) is 6.71 Å². The number of rotatable bonds is 8. The molecule has 0 fully saturated rings. The van der Waals surface area contributed by atoms with Crippen LogP contribution in [0.15, 0.2) is 273 Å². The van der Waals surface area contributed by atoms with E-state index in [2.05, 4.69) is 366 Å². The first kappa shape index (κ1) is 58.9. The zero-order chi connectivity index (χ0) is 63.6. The lowest BCUT2D eigenvalue weighted by Gasteiger charge is -2.48. The highest BCUT2D eigenvalue weighted by molar-refractivity contribution is 7.26. The monoisotopic (exact) mass is 1200 g/mol. The minimum Gasteiger partial charge on any atom is -0.310 e. The van der Waals surface area contributed by atoms with Gasteiger partial charge < -0.3 is 9.47 Å². The molecule has 15 rings (SSSR count). The standard InChI is InChI=1S/C88H81BN2Si/c1-85(2,3)64-48-62(49-65(54-64)86(4,5)6)60-44-46-75-79(52-60)91(84-71(58-30-17-13-18-31-58)40-29-41-72(84)59-32-19-14-20-33-59)80-56-68(90-77-42-27-25-38-73(77)74-39-26-28-43-78(74)90)57-82-83(80)89(75)76-47-45-61(63-50-66(87(7,8)9)55-67(51-63)88(10,11)12)53-81(76)92(82,69-34-21-15-22-35-69)70-36-23-16-24-37-70/h13-57H,1-12H3. The van der Waals surface area contributed by atoms with Gasteiger partial charge in [0.15, 0.2) is 8.07 Å². The molecule has 0 amide bonds. The van der Waals surface area contributed by atoms with E-state index in [1.807, 2.05) is 0 Å². The molecule has 0 spiro atoms. The molecule has 0 radical (unpaired) electrons. The molecule has 0 saturated heterocycles. The van der Waals surface area contributed by atoms with Gasteiger partial charge in [-0.25, -0.2) is 0 Å². The highest BCUT2D eigenvalue weighted by atomic mass is 28.3. The van der Waals surface area contributed by atoms with Crippen LogP contribution in [0.5, 0.6) is 0 Å². The van der Waals surface area contributed by atoms with Crippen LogP contribution in [-0.4, -0.2) is 19.4 Å². The van der Waals surface area contributed by atoms with E-state index >= 15 is 0 Å². The van der Waals surface area contributed by atoms with E-state index in [-0.39, 0.29) is 28.4 Å². The van der Waals surface area contributed by atoms with Gasteiger partial charge in [-0.05, 0) is 139 Å². The summed E-state index contributed by atoms with van der Waals surface area (Å²) in [6.45, 7) is 28.1. The van der Waals surface area contributed by atoms with Gasteiger partial charge in [0, 0.05) is 39.0 Å². The number of nitrogens with zero attached hydrogens (tertiary/aromatic N) is 2. The Bertz CT molecular complexity index is 4800. The van der Waals surface area contributed by atoms with Crippen LogP contribution in [0.3, 0.4) is 0 Å². The van der Waals surface area contributed by atoms with Crippen LogP contribution in [0.1, 0.15) is 105 Å². The summed E-state index contributed by atoms with van der Waals surface area (Å²) in [4.78, 5) is 2.75. The van der Waals surface area contributed by atoms with E-state index in [0.29, 0.717) is 0 Å². The van der Waals surface area contributed by atoms with Crippen LogP contribution in [0, 0.1) is 0 Å². The summed E-state index contributed by atoms with van der Waals surface area (Å²) in [6, 6.07) is 106. The highest BCUT2D eigenvalue weighted by Crippen LogP contribution is 2.49. The Labute approximate surface area is 547 Å². The number of anilines is 3. The van der Waals surface area contributed by atoms with E-state index in [0.717, 1.165) is 11.4 Å². The molecule has 450 valence electrons. The largest absolute Gasteiger partial charge is 0.310 e. The van der Waals surface area contributed by atoms with Crippen LogP contribution < -0.4 is 42.0 Å². The van der Waals surface area contributed by atoms with E-state index < -0.39 is 8.07 Å². The maximum absolute atomic E-state index is 3.43. The summed E-state index contributed by atoms with van der Waals surface area (Å²) in [5.41, 5.74) is 25.8. The fourth-order valence-electron chi connectivity index (χ4n) is 15.2. The van der Waals surface area contributed by atoms with Gasteiger partial charge in [-0.15, -0.1) is 0 Å².